The number of ketones is 1. The van der Waals surface area contributed by atoms with Crippen LogP contribution in [0.15, 0.2) is 34.7 Å². The third-order valence-electron chi connectivity index (χ3n) is 3.82. The van der Waals surface area contributed by atoms with Gasteiger partial charge in [-0.15, -0.1) is 11.3 Å². The molecule has 0 atom stereocenters. The number of halogens is 1. The zero-order chi connectivity index (χ0) is 18.0. The molecule has 0 amide bonds. The molecular formula is C18H17ClN4OS. The average molecular weight is 373 g/mol. The molecule has 2 N–H and O–H groups in total. The summed E-state index contributed by atoms with van der Waals surface area (Å²) in [5.74, 6) is 0.0513. The molecule has 5 nitrogen and oxygen atoms in total. The number of Topliss-reactive ketones (excluding diaryl/α,β-unsaturated/α-hetero) is 1. The highest BCUT2D eigenvalue weighted by atomic mass is 35.5. The molecule has 128 valence electrons. The number of anilines is 1. The van der Waals surface area contributed by atoms with E-state index < -0.39 is 0 Å². The van der Waals surface area contributed by atoms with Gasteiger partial charge in [0.1, 0.15) is 5.69 Å². The van der Waals surface area contributed by atoms with Gasteiger partial charge in [0.25, 0.3) is 0 Å². The van der Waals surface area contributed by atoms with E-state index in [1.54, 1.807) is 13.1 Å². The molecule has 0 saturated heterocycles. The molecular weight excluding hydrogens is 356 g/mol. The minimum Gasteiger partial charge on any atom is -0.356 e. The number of aromatic nitrogens is 2. The number of nitrogens with one attached hydrogen (secondary N) is 2. The van der Waals surface area contributed by atoms with Gasteiger partial charge in [0, 0.05) is 27.2 Å². The number of carbonyl (C=O) groups is 1. The summed E-state index contributed by atoms with van der Waals surface area (Å²) in [5.41, 5.74) is 7.90. The summed E-state index contributed by atoms with van der Waals surface area (Å²) in [7, 11) is 0. The van der Waals surface area contributed by atoms with Gasteiger partial charge >= 0.3 is 0 Å². The van der Waals surface area contributed by atoms with Crippen molar-refractivity contribution in [1.82, 2.24) is 9.97 Å². The SMILES string of the molecule is CC(=O)c1c(C)[nH]c(-c2csc(N/N=C/c3ccccc3Cl)n2)c1C. The van der Waals surface area contributed by atoms with Gasteiger partial charge in [-0.25, -0.2) is 4.98 Å². The Balaban J connectivity index is 1.78. The molecule has 3 aromatic rings. The molecule has 0 aliphatic heterocycles. The van der Waals surface area contributed by atoms with Crippen molar-refractivity contribution in [2.75, 3.05) is 5.43 Å². The smallest absolute Gasteiger partial charge is 0.203 e. The maximum atomic E-state index is 11.8. The standard InChI is InChI=1S/C18H17ClN4OS/c1-10-16(12(3)24)11(2)21-17(10)15-9-25-18(22-15)23-20-8-13-6-4-5-7-14(13)19/h4-9,21H,1-3H3,(H,22,23)/b20-8+. The number of H-pyrrole nitrogens is 1. The van der Waals surface area contributed by atoms with Crippen LogP contribution in [0, 0.1) is 13.8 Å². The Labute approximate surface area is 154 Å². The van der Waals surface area contributed by atoms with Crippen molar-refractivity contribution in [2.24, 2.45) is 5.10 Å². The van der Waals surface area contributed by atoms with Gasteiger partial charge < -0.3 is 4.98 Å². The Morgan fingerprint density at radius 1 is 1.36 bits per heavy atom. The van der Waals surface area contributed by atoms with Crippen LogP contribution >= 0.6 is 22.9 Å². The topological polar surface area (TPSA) is 70.1 Å². The van der Waals surface area contributed by atoms with Crippen LogP contribution in [0.4, 0.5) is 5.13 Å². The molecule has 0 bridgehead atoms. The first-order chi connectivity index (χ1) is 12.0. The van der Waals surface area contributed by atoms with E-state index in [9.17, 15) is 4.79 Å². The van der Waals surface area contributed by atoms with E-state index in [2.05, 4.69) is 20.5 Å². The van der Waals surface area contributed by atoms with Gasteiger partial charge in [-0.1, -0.05) is 29.8 Å². The van der Waals surface area contributed by atoms with Crippen LogP contribution in [0.5, 0.6) is 0 Å². The van der Waals surface area contributed by atoms with Crippen LogP contribution in [-0.2, 0) is 0 Å². The fraction of sp³-hybridized carbons (Fsp3) is 0.167. The van der Waals surface area contributed by atoms with Gasteiger partial charge in [0.15, 0.2) is 5.78 Å². The van der Waals surface area contributed by atoms with Crippen LogP contribution in [-0.4, -0.2) is 22.0 Å². The van der Waals surface area contributed by atoms with E-state index in [0.29, 0.717) is 10.2 Å². The molecule has 2 aromatic heterocycles. The molecule has 7 heteroatoms. The van der Waals surface area contributed by atoms with Crippen LogP contribution in [0.1, 0.15) is 34.1 Å². The lowest BCUT2D eigenvalue weighted by atomic mass is 10.1. The first kappa shape index (κ1) is 17.4. The second kappa shape index (κ2) is 7.21. The van der Waals surface area contributed by atoms with Crippen molar-refractivity contribution >= 4 is 40.1 Å². The number of benzene rings is 1. The Morgan fingerprint density at radius 2 is 2.12 bits per heavy atom. The fourth-order valence-corrected chi connectivity index (χ4v) is 3.55. The van der Waals surface area contributed by atoms with Gasteiger partial charge in [0.05, 0.1) is 11.9 Å². The molecule has 2 heterocycles. The van der Waals surface area contributed by atoms with E-state index >= 15 is 0 Å². The van der Waals surface area contributed by atoms with Crippen molar-refractivity contribution < 1.29 is 4.79 Å². The Bertz CT molecular complexity index is 958. The van der Waals surface area contributed by atoms with Gasteiger partial charge in [-0.2, -0.15) is 5.10 Å². The Morgan fingerprint density at radius 3 is 2.80 bits per heavy atom. The maximum Gasteiger partial charge on any atom is 0.203 e. The Hall–Kier alpha value is -2.44. The number of hydrogen-bond donors (Lipinski definition) is 2. The lowest BCUT2D eigenvalue weighted by molar-refractivity contribution is 0.101. The first-order valence-corrected chi connectivity index (χ1v) is 8.92. The number of aryl methyl sites for hydroxylation is 1. The number of carbonyl (C=O) groups excluding carboxylic acids is 1. The summed E-state index contributed by atoms with van der Waals surface area (Å²) in [6, 6.07) is 7.47. The predicted molar refractivity (Wildman–Crippen MR) is 104 cm³/mol. The van der Waals surface area contributed by atoms with E-state index in [0.717, 1.165) is 33.8 Å². The Kier molecular flexibility index (Phi) is 5.01. The molecule has 0 spiro atoms. The number of thiazole rings is 1. The van der Waals surface area contributed by atoms with Crippen LogP contribution < -0.4 is 5.43 Å². The maximum absolute atomic E-state index is 11.8. The predicted octanol–water partition coefficient (Wildman–Crippen LogP) is 5.06. The summed E-state index contributed by atoms with van der Waals surface area (Å²) in [5, 5.41) is 7.41. The van der Waals surface area contributed by atoms with E-state index in [-0.39, 0.29) is 5.78 Å². The molecule has 3 rings (SSSR count). The highest BCUT2D eigenvalue weighted by Crippen LogP contribution is 2.30. The van der Waals surface area contributed by atoms with Gasteiger partial charge in [-0.05, 0) is 32.4 Å². The molecule has 0 aliphatic carbocycles. The van der Waals surface area contributed by atoms with Crippen molar-refractivity contribution in [3.05, 3.63) is 57.1 Å². The summed E-state index contributed by atoms with van der Waals surface area (Å²) in [6.07, 6.45) is 1.65. The summed E-state index contributed by atoms with van der Waals surface area (Å²) in [6.45, 7) is 5.40. The molecule has 25 heavy (non-hydrogen) atoms. The van der Waals surface area contributed by atoms with Crippen LogP contribution in [0.3, 0.4) is 0 Å². The number of hydrogen-bond acceptors (Lipinski definition) is 5. The summed E-state index contributed by atoms with van der Waals surface area (Å²) in [4.78, 5) is 19.5. The van der Waals surface area contributed by atoms with E-state index in [1.807, 2.05) is 43.5 Å². The van der Waals surface area contributed by atoms with Crippen molar-refractivity contribution in [3.8, 4) is 11.4 Å². The number of hydrazone groups is 1. The summed E-state index contributed by atoms with van der Waals surface area (Å²) >= 11 is 7.53. The third-order valence-corrected chi connectivity index (χ3v) is 4.91. The van der Waals surface area contributed by atoms with Crippen LogP contribution in [0.25, 0.3) is 11.4 Å². The quantitative estimate of drug-likeness (QED) is 0.373. The van der Waals surface area contributed by atoms with Crippen molar-refractivity contribution in [3.63, 3.8) is 0 Å². The highest BCUT2D eigenvalue weighted by Gasteiger charge is 2.17. The van der Waals surface area contributed by atoms with Gasteiger partial charge in [0.2, 0.25) is 5.13 Å². The van der Waals surface area contributed by atoms with Crippen molar-refractivity contribution in [2.45, 2.75) is 20.8 Å². The van der Waals surface area contributed by atoms with Gasteiger partial charge in [-0.3, -0.25) is 10.2 Å². The fourth-order valence-electron chi connectivity index (χ4n) is 2.71. The molecule has 0 fully saturated rings. The molecule has 1 aromatic carbocycles. The number of nitrogens with zero attached hydrogens (tertiary/aromatic N) is 2. The molecule has 0 unspecified atom stereocenters. The zero-order valence-electron chi connectivity index (χ0n) is 14.1. The normalized spacial score (nSPS) is 11.2. The lowest BCUT2D eigenvalue weighted by Gasteiger charge is -1.98. The zero-order valence-corrected chi connectivity index (χ0v) is 15.6. The van der Waals surface area contributed by atoms with E-state index in [4.69, 9.17) is 11.6 Å². The number of aromatic amines is 1. The molecule has 0 saturated carbocycles. The third kappa shape index (κ3) is 3.65. The highest BCUT2D eigenvalue weighted by molar-refractivity contribution is 7.14. The number of rotatable bonds is 5. The summed E-state index contributed by atoms with van der Waals surface area (Å²) < 4.78 is 0. The lowest BCUT2D eigenvalue weighted by Crippen LogP contribution is -1.95. The minimum absolute atomic E-state index is 0.0513. The average Bonchev–Trinajstić information content (AvgIpc) is 3.13. The monoisotopic (exact) mass is 372 g/mol. The molecule has 0 aliphatic rings. The second-order valence-corrected chi connectivity index (χ2v) is 6.88. The largest absolute Gasteiger partial charge is 0.356 e. The van der Waals surface area contributed by atoms with Crippen LogP contribution in [0.2, 0.25) is 5.02 Å². The first-order valence-electron chi connectivity index (χ1n) is 7.67. The minimum atomic E-state index is 0.0513. The molecule has 0 radical (unpaired) electrons. The second-order valence-electron chi connectivity index (χ2n) is 5.61. The van der Waals surface area contributed by atoms with Crippen molar-refractivity contribution in [1.29, 1.82) is 0 Å². The van der Waals surface area contributed by atoms with E-state index in [1.165, 1.54) is 11.3 Å².